The Balaban J connectivity index is 2.58. The van der Waals surface area contributed by atoms with E-state index in [-0.39, 0.29) is 11.1 Å². The van der Waals surface area contributed by atoms with Crippen molar-refractivity contribution < 1.29 is 34.8 Å². The normalized spacial score (nSPS) is 11.8. The van der Waals surface area contributed by atoms with Crippen LogP contribution in [0.15, 0.2) is 46.9 Å². The summed E-state index contributed by atoms with van der Waals surface area (Å²) in [6.45, 7) is 1.47. The number of hydrogen-bond acceptors (Lipinski definition) is 2. The molecule has 0 aliphatic rings. The first-order chi connectivity index (χ1) is 9.50. The van der Waals surface area contributed by atoms with Gasteiger partial charge in [-0.3, -0.25) is 0 Å². The van der Waals surface area contributed by atoms with E-state index in [9.17, 15) is 14.7 Å². The molecule has 0 aliphatic carbocycles. The Hall–Kier alpha value is -2.10. The van der Waals surface area contributed by atoms with Crippen molar-refractivity contribution in [2.24, 2.45) is 0 Å². The van der Waals surface area contributed by atoms with E-state index in [1.54, 1.807) is 6.07 Å². The number of benzene rings is 2. The fourth-order valence-corrected chi connectivity index (χ4v) is 2.75. The number of rotatable bonds is 4. The van der Waals surface area contributed by atoms with Gasteiger partial charge in [0, 0.05) is 0 Å². The molecule has 0 aliphatic heterocycles. The molecule has 107 valence electrons. The minimum atomic E-state index is -1.03. The van der Waals surface area contributed by atoms with E-state index in [1.165, 1.54) is 32.9 Å². The summed E-state index contributed by atoms with van der Waals surface area (Å²) in [6, 6.07) is 10.7. The molecule has 0 spiro atoms. The van der Waals surface area contributed by atoms with Crippen molar-refractivity contribution in [2.45, 2.75) is 6.92 Å². The second-order valence-corrected chi connectivity index (χ2v) is 5.09. The van der Waals surface area contributed by atoms with Crippen molar-refractivity contribution in [3.8, 4) is 0 Å². The zero-order chi connectivity index (χ0) is 14.7. The predicted octanol–water partition coefficient (Wildman–Crippen LogP) is 2.23. The summed E-state index contributed by atoms with van der Waals surface area (Å²) in [5.74, 6) is -2.05. The molecular weight excluding hydrogens is 308 g/mol. The third-order valence-corrected chi connectivity index (χ3v) is 3.97. The third kappa shape index (κ3) is 2.90. The van der Waals surface area contributed by atoms with Crippen LogP contribution >= 0.6 is 0 Å². The van der Waals surface area contributed by atoms with Crippen molar-refractivity contribution in [3.63, 3.8) is 0 Å². The molecule has 0 radical (unpaired) electrons. The molecule has 2 rings (SSSR count). The number of carboxylic acid groups (broad SMARTS) is 2. The first-order valence-corrected chi connectivity index (χ1v) is 6.72. The summed E-state index contributed by atoms with van der Waals surface area (Å²) < 4.78 is 0.542. The second kappa shape index (κ2) is 5.90. The Kier molecular flexibility index (Phi) is 4.22. The first-order valence-electron chi connectivity index (χ1n) is 5.71. The van der Waals surface area contributed by atoms with E-state index in [2.05, 4.69) is 0 Å². The fourth-order valence-electron chi connectivity index (χ4n) is 1.61. The molecule has 0 saturated carbocycles. The molecule has 0 bridgehead atoms. The van der Waals surface area contributed by atoms with Gasteiger partial charge in [-0.05, 0) is 0 Å². The topological polar surface area (TPSA) is 74.6 Å². The van der Waals surface area contributed by atoms with Crippen LogP contribution in [0.25, 0.3) is 10.8 Å². The van der Waals surface area contributed by atoms with E-state index < -0.39 is 11.9 Å². The average molecular weight is 320 g/mol. The van der Waals surface area contributed by atoms with Crippen molar-refractivity contribution in [1.82, 2.24) is 0 Å². The minimum absolute atomic E-state index is 0.161. The molecule has 0 atom stereocenters. The van der Waals surface area contributed by atoms with Crippen molar-refractivity contribution in [2.75, 3.05) is 0 Å². The Morgan fingerprint density at radius 3 is 2.45 bits per heavy atom. The Morgan fingerprint density at radius 1 is 1.10 bits per heavy atom. The number of hydrogen-bond donors (Lipinski definition) is 2. The van der Waals surface area contributed by atoms with Gasteiger partial charge in [0.2, 0.25) is 0 Å². The Morgan fingerprint density at radius 2 is 1.80 bits per heavy atom. The SMILES string of the molecule is CC(=[CH][Cu][c]1c(C(=O)O)ccc2ccccc12)C(=O)O. The summed E-state index contributed by atoms with van der Waals surface area (Å²) in [7, 11) is 0. The van der Waals surface area contributed by atoms with Gasteiger partial charge in [-0.15, -0.1) is 0 Å². The number of carboxylic acids is 2. The zero-order valence-corrected chi connectivity index (χ0v) is 11.5. The Labute approximate surface area is 121 Å². The van der Waals surface area contributed by atoms with Gasteiger partial charge in [-0.25, -0.2) is 0 Å². The number of aliphatic carboxylic acids is 1. The Bertz CT molecular complexity index is 719. The maximum atomic E-state index is 11.3. The standard InChI is InChI=1S/C11H7O2.C4H5O2.Cu/c12-11(13)10-6-5-8-3-1-2-4-9(8)7-10;1-3(2)4(5)6;/h1-6H,(H,12,13);1H,2H3,(H,5,6);. The van der Waals surface area contributed by atoms with Gasteiger partial charge in [-0.1, -0.05) is 0 Å². The van der Waals surface area contributed by atoms with Crippen LogP contribution in [0.3, 0.4) is 0 Å². The van der Waals surface area contributed by atoms with Crippen LogP contribution in [0.4, 0.5) is 0 Å². The first kappa shape index (κ1) is 14.3. The molecule has 0 unspecified atom stereocenters. The average Bonchev–Trinajstić information content (AvgIpc) is 2.43. The van der Waals surface area contributed by atoms with Crippen LogP contribution in [-0.4, -0.2) is 22.2 Å². The quantitative estimate of drug-likeness (QED) is 0.669. The van der Waals surface area contributed by atoms with Gasteiger partial charge >= 0.3 is 121 Å². The number of fused-ring (bicyclic) bond motifs is 1. The van der Waals surface area contributed by atoms with Gasteiger partial charge in [0.15, 0.2) is 0 Å². The van der Waals surface area contributed by atoms with Gasteiger partial charge in [0.05, 0.1) is 0 Å². The molecule has 5 heteroatoms. The van der Waals surface area contributed by atoms with E-state index in [0.29, 0.717) is 4.46 Å². The summed E-state index contributed by atoms with van der Waals surface area (Å²) >= 11 is 1.22. The molecule has 2 aromatic rings. The molecular formula is C15H12CuO4. The zero-order valence-electron chi connectivity index (χ0n) is 10.6. The van der Waals surface area contributed by atoms with Crippen LogP contribution in [0.2, 0.25) is 0 Å². The summed E-state index contributed by atoms with van der Waals surface area (Å²) in [4.78, 5) is 23.5. The molecule has 0 fully saturated rings. The fraction of sp³-hybridized carbons (Fsp3) is 0.0667. The van der Waals surface area contributed by atoms with Crippen LogP contribution in [0, 0.1) is 0 Å². The molecule has 20 heavy (non-hydrogen) atoms. The summed E-state index contributed by atoms with van der Waals surface area (Å²) in [5, 5.41) is 19.8. The van der Waals surface area contributed by atoms with Crippen molar-refractivity contribution in [3.05, 3.63) is 52.5 Å². The molecule has 0 amide bonds. The predicted molar refractivity (Wildman–Crippen MR) is 71.9 cm³/mol. The van der Waals surface area contributed by atoms with E-state index in [4.69, 9.17) is 5.11 Å². The molecule has 0 aromatic heterocycles. The number of aromatic carboxylic acids is 1. The van der Waals surface area contributed by atoms with Crippen LogP contribution in [0.1, 0.15) is 17.3 Å². The molecule has 2 N–H and O–H groups in total. The van der Waals surface area contributed by atoms with Crippen LogP contribution in [-0.2, 0) is 19.8 Å². The molecule has 0 saturated heterocycles. The molecule has 4 nitrogen and oxygen atoms in total. The summed E-state index contributed by atoms with van der Waals surface area (Å²) in [5.41, 5.74) is 0.326. The van der Waals surface area contributed by atoms with Crippen molar-refractivity contribution >= 4 is 27.2 Å². The van der Waals surface area contributed by atoms with Gasteiger partial charge in [0.1, 0.15) is 0 Å². The van der Waals surface area contributed by atoms with Crippen molar-refractivity contribution in [1.29, 1.82) is 0 Å². The van der Waals surface area contributed by atoms with Gasteiger partial charge in [-0.2, -0.15) is 0 Å². The van der Waals surface area contributed by atoms with Gasteiger partial charge < -0.3 is 0 Å². The maximum absolute atomic E-state index is 11.3. The third-order valence-electron chi connectivity index (χ3n) is 2.65. The number of carbonyl (C=O) groups is 2. The second-order valence-electron chi connectivity index (χ2n) is 4.08. The monoisotopic (exact) mass is 319 g/mol. The van der Waals surface area contributed by atoms with E-state index >= 15 is 0 Å². The van der Waals surface area contributed by atoms with Gasteiger partial charge in [0.25, 0.3) is 0 Å². The van der Waals surface area contributed by atoms with E-state index in [0.717, 1.165) is 10.8 Å². The van der Waals surface area contributed by atoms with E-state index in [1.807, 2.05) is 24.3 Å². The van der Waals surface area contributed by atoms with Crippen LogP contribution in [0.5, 0.6) is 0 Å². The molecule has 2 aromatic carbocycles. The summed E-state index contributed by atoms with van der Waals surface area (Å²) in [6.07, 6.45) is 0. The molecule has 0 heterocycles. The van der Waals surface area contributed by atoms with Crippen LogP contribution < -0.4 is 4.46 Å².